The van der Waals surface area contributed by atoms with Gasteiger partial charge in [-0.2, -0.15) is 0 Å². The quantitative estimate of drug-likeness (QED) is 0.399. The Labute approximate surface area is 149 Å². The van der Waals surface area contributed by atoms with Crippen LogP contribution in [0.1, 0.15) is 52.9 Å². The largest absolute Gasteiger partial charge is 0.456 e. The summed E-state index contributed by atoms with van der Waals surface area (Å²) in [5.74, 6) is -0.285. The fourth-order valence-electron chi connectivity index (χ4n) is 4.33. The third kappa shape index (κ3) is 3.69. The zero-order valence-corrected chi connectivity index (χ0v) is 15.4. The van der Waals surface area contributed by atoms with E-state index in [2.05, 4.69) is 13.5 Å². The van der Waals surface area contributed by atoms with Gasteiger partial charge in [0.15, 0.2) is 0 Å². The van der Waals surface area contributed by atoms with Gasteiger partial charge >= 0.3 is 5.97 Å². The van der Waals surface area contributed by atoms with Crippen molar-refractivity contribution < 1.29 is 24.5 Å². The van der Waals surface area contributed by atoms with Crippen LogP contribution in [0.5, 0.6) is 0 Å². The molecule has 5 heteroatoms. The molecular weight excluding hydrogens is 320 g/mol. The number of fused-ring (bicyclic) bond motifs is 4. The van der Waals surface area contributed by atoms with Gasteiger partial charge in [-0.1, -0.05) is 25.7 Å². The lowest BCUT2D eigenvalue weighted by Gasteiger charge is -2.45. The van der Waals surface area contributed by atoms with E-state index in [9.17, 15) is 15.0 Å². The molecule has 0 radical (unpaired) electrons. The summed E-state index contributed by atoms with van der Waals surface area (Å²) in [5, 5.41) is 21.4. The summed E-state index contributed by atoms with van der Waals surface area (Å²) in [6.07, 6.45) is 5.89. The Bertz CT molecular complexity index is 577. The van der Waals surface area contributed by atoms with Crippen LogP contribution in [0.15, 0.2) is 24.3 Å². The fraction of sp³-hybridized carbons (Fsp3) is 0.750. The van der Waals surface area contributed by atoms with Crippen molar-refractivity contribution in [3.8, 4) is 0 Å². The summed E-state index contributed by atoms with van der Waals surface area (Å²) in [4.78, 5) is 12.0. The van der Waals surface area contributed by atoms with Crippen LogP contribution in [-0.4, -0.2) is 45.7 Å². The smallest absolute Gasteiger partial charge is 0.334 e. The first-order chi connectivity index (χ1) is 11.6. The fourth-order valence-corrected chi connectivity index (χ4v) is 4.33. The lowest BCUT2D eigenvalue weighted by Crippen LogP contribution is -2.54. The van der Waals surface area contributed by atoms with Gasteiger partial charge in [0.1, 0.15) is 6.10 Å². The Kier molecular flexibility index (Phi) is 4.86. The molecule has 5 nitrogen and oxygen atoms in total. The summed E-state index contributed by atoms with van der Waals surface area (Å²) in [7, 11) is 0. The third-order valence-corrected chi connectivity index (χ3v) is 6.07. The van der Waals surface area contributed by atoms with Crippen molar-refractivity contribution in [2.75, 3.05) is 0 Å². The molecule has 2 bridgehead atoms. The monoisotopic (exact) mass is 350 g/mol. The van der Waals surface area contributed by atoms with E-state index >= 15 is 0 Å². The van der Waals surface area contributed by atoms with Crippen LogP contribution in [0.4, 0.5) is 0 Å². The van der Waals surface area contributed by atoms with Gasteiger partial charge in [0.05, 0.1) is 23.4 Å². The van der Waals surface area contributed by atoms with E-state index in [0.717, 1.165) is 12.8 Å². The maximum absolute atomic E-state index is 12.0. The first-order valence-electron chi connectivity index (χ1n) is 9.28. The maximum atomic E-state index is 12.0. The van der Waals surface area contributed by atoms with E-state index in [-0.39, 0.29) is 30.0 Å². The lowest BCUT2D eigenvalue weighted by atomic mass is 9.76. The van der Waals surface area contributed by atoms with E-state index in [1.165, 1.54) is 0 Å². The number of carbonyl (C=O) groups excluding carboxylic acids is 1. The standard InChI is InChI=1S/C20H30O5/c1-12-7-5-8-19(3,22)9-6-10-20(4,23)15-11-14-13(2)18(21)25-17(14)16(12)24-15/h6,9,12,14-17,22-23H,2,5,7-8,10-11H2,1,3-4H3/b9-6-/t12-,14+,15+,16+,17-,19+,20-/m0/s1. The van der Waals surface area contributed by atoms with E-state index in [4.69, 9.17) is 9.47 Å². The molecule has 0 saturated carbocycles. The molecule has 2 N–H and O–H groups in total. The molecule has 3 rings (SSSR count). The van der Waals surface area contributed by atoms with Crippen LogP contribution in [-0.2, 0) is 14.3 Å². The predicted molar refractivity (Wildman–Crippen MR) is 93.8 cm³/mol. The summed E-state index contributed by atoms with van der Waals surface area (Å²) >= 11 is 0. The molecular formula is C20H30O5. The van der Waals surface area contributed by atoms with Crippen molar-refractivity contribution in [2.24, 2.45) is 11.8 Å². The van der Waals surface area contributed by atoms with Crippen molar-refractivity contribution >= 4 is 5.97 Å². The highest BCUT2D eigenvalue weighted by molar-refractivity contribution is 5.91. The normalized spacial score (nSPS) is 49.6. The number of aliphatic hydroxyl groups is 2. The zero-order valence-electron chi connectivity index (χ0n) is 15.4. The van der Waals surface area contributed by atoms with Crippen molar-refractivity contribution in [1.82, 2.24) is 0 Å². The number of carbonyl (C=O) groups is 1. The van der Waals surface area contributed by atoms with Crippen molar-refractivity contribution in [3.05, 3.63) is 24.3 Å². The van der Waals surface area contributed by atoms with Gasteiger partial charge in [0, 0.05) is 11.5 Å². The second kappa shape index (κ2) is 6.53. The SMILES string of the molecule is C=C1C(=O)O[C@@H]2[C@@H]3O[C@H](C[C@H]12)[C@@](C)(O)C/C=C\[C@](C)(O)CCC[C@@H]3C. The average Bonchev–Trinajstić information content (AvgIpc) is 2.80. The van der Waals surface area contributed by atoms with Crippen LogP contribution in [0.3, 0.4) is 0 Å². The van der Waals surface area contributed by atoms with Gasteiger partial charge in [-0.05, 0) is 51.9 Å². The van der Waals surface area contributed by atoms with Gasteiger partial charge in [0.25, 0.3) is 0 Å². The van der Waals surface area contributed by atoms with Gasteiger partial charge in [0.2, 0.25) is 0 Å². The van der Waals surface area contributed by atoms with Crippen molar-refractivity contribution in [3.63, 3.8) is 0 Å². The summed E-state index contributed by atoms with van der Waals surface area (Å²) in [6, 6.07) is 0. The minimum atomic E-state index is -1.08. The molecule has 0 aromatic rings. The van der Waals surface area contributed by atoms with Gasteiger partial charge in [-0.3, -0.25) is 0 Å². The second-order valence-corrected chi connectivity index (χ2v) is 8.52. The number of esters is 1. The highest BCUT2D eigenvalue weighted by atomic mass is 16.6. The van der Waals surface area contributed by atoms with Crippen molar-refractivity contribution in [2.45, 2.75) is 82.4 Å². The molecule has 0 unspecified atom stereocenters. The molecule has 0 aromatic heterocycles. The van der Waals surface area contributed by atoms with Gasteiger partial charge in [-0.15, -0.1) is 0 Å². The average molecular weight is 350 g/mol. The molecule has 0 amide bonds. The Balaban J connectivity index is 1.92. The number of rotatable bonds is 0. The van der Waals surface area contributed by atoms with E-state index in [0.29, 0.717) is 24.8 Å². The van der Waals surface area contributed by atoms with E-state index in [1.807, 2.05) is 6.08 Å². The summed E-state index contributed by atoms with van der Waals surface area (Å²) in [5.41, 5.74) is -1.46. The number of hydrogen-bond donors (Lipinski definition) is 2. The van der Waals surface area contributed by atoms with E-state index < -0.39 is 17.3 Å². The second-order valence-electron chi connectivity index (χ2n) is 8.52. The summed E-state index contributed by atoms with van der Waals surface area (Å²) < 4.78 is 11.8. The molecule has 140 valence electrons. The molecule has 3 aliphatic rings. The van der Waals surface area contributed by atoms with Crippen LogP contribution >= 0.6 is 0 Å². The first kappa shape index (κ1) is 18.6. The minimum absolute atomic E-state index is 0.0970. The van der Waals surface area contributed by atoms with Crippen LogP contribution in [0.25, 0.3) is 0 Å². The lowest BCUT2D eigenvalue weighted by molar-refractivity contribution is -0.206. The third-order valence-electron chi connectivity index (χ3n) is 6.07. The Hall–Kier alpha value is -1.17. The Morgan fingerprint density at radius 1 is 1.28 bits per heavy atom. The van der Waals surface area contributed by atoms with Crippen molar-refractivity contribution in [1.29, 1.82) is 0 Å². The highest BCUT2D eigenvalue weighted by Gasteiger charge is 2.53. The van der Waals surface area contributed by atoms with Gasteiger partial charge < -0.3 is 19.7 Å². The van der Waals surface area contributed by atoms with Gasteiger partial charge in [-0.25, -0.2) is 4.79 Å². The number of hydrogen-bond acceptors (Lipinski definition) is 5. The molecule has 3 heterocycles. The first-order valence-corrected chi connectivity index (χ1v) is 9.28. The molecule has 3 aliphatic heterocycles. The summed E-state index contributed by atoms with van der Waals surface area (Å²) in [6.45, 7) is 9.55. The molecule has 0 aliphatic carbocycles. The Morgan fingerprint density at radius 3 is 2.72 bits per heavy atom. The predicted octanol–water partition coefficient (Wildman–Crippen LogP) is 2.51. The van der Waals surface area contributed by atoms with Crippen LogP contribution in [0.2, 0.25) is 0 Å². The molecule has 25 heavy (non-hydrogen) atoms. The molecule has 0 spiro atoms. The maximum Gasteiger partial charge on any atom is 0.334 e. The molecule has 0 aromatic carbocycles. The van der Waals surface area contributed by atoms with Crippen LogP contribution in [0, 0.1) is 11.8 Å². The zero-order chi connectivity index (χ0) is 18.4. The number of ether oxygens (including phenoxy) is 2. The molecule has 7 atom stereocenters. The highest BCUT2D eigenvalue weighted by Crippen LogP contribution is 2.44. The van der Waals surface area contributed by atoms with E-state index in [1.54, 1.807) is 19.9 Å². The minimum Gasteiger partial charge on any atom is -0.456 e. The Morgan fingerprint density at radius 2 is 2.00 bits per heavy atom. The molecule has 2 fully saturated rings. The van der Waals surface area contributed by atoms with Crippen LogP contribution < -0.4 is 0 Å². The molecule has 2 saturated heterocycles. The topological polar surface area (TPSA) is 76.0 Å².